The number of nitrogens with one attached hydrogen (secondary N) is 2. The summed E-state index contributed by atoms with van der Waals surface area (Å²) in [6, 6.07) is 11.6. The first-order valence-electron chi connectivity index (χ1n) is 10.5. The molecule has 2 heterocycles. The number of carbonyl (C=O) groups excluding carboxylic acids is 1. The van der Waals surface area contributed by atoms with Gasteiger partial charge in [-0.05, 0) is 49.1 Å². The minimum atomic E-state index is -0.109. The molecule has 0 bridgehead atoms. The Morgan fingerprint density at radius 3 is 2.68 bits per heavy atom. The average Bonchev–Trinajstić information content (AvgIpc) is 3.46. The number of aromatic nitrogens is 4. The highest BCUT2D eigenvalue weighted by molar-refractivity contribution is 5.88. The van der Waals surface area contributed by atoms with Crippen molar-refractivity contribution in [3.63, 3.8) is 0 Å². The summed E-state index contributed by atoms with van der Waals surface area (Å²) in [4.78, 5) is 20.1. The zero-order valence-electron chi connectivity index (χ0n) is 17.5. The number of benzene rings is 1. The van der Waals surface area contributed by atoms with Gasteiger partial charge < -0.3 is 10.6 Å². The van der Waals surface area contributed by atoms with Crippen molar-refractivity contribution in [1.82, 2.24) is 19.7 Å². The Balaban J connectivity index is 1.49. The molecule has 0 saturated heterocycles. The van der Waals surface area contributed by atoms with Crippen LogP contribution in [0.5, 0.6) is 0 Å². The lowest BCUT2D eigenvalue weighted by Gasteiger charge is -2.21. The lowest BCUT2D eigenvalue weighted by molar-refractivity contribution is -0.114. The first kappa shape index (κ1) is 20.5. The summed E-state index contributed by atoms with van der Waals surface area (Å²) in [5.74, 6) is 0.875. The minimum absolute atomic E-state index is 0.109. The van der Waals surface area contributed by atoms with E-state index in [1.54, 1.807) is 12.4 Å². The van der Waals surface area contributed by atoms with Crippen molar-refractivity contribution in [2.24, 2.45) is 5.92 Å². The fourth-order valence-corrected chi connectivity index (χ4v) is 4.11. The fraction of sp³-hybridized carbons (Fsp3) is 0.348. The van der Waals surface area contributed by atoms with Crippen molar-refractivity contribution >= 4 is 23.2 Å². The predicted octanol–water partition coefficient (Wildman–Crippen LogP) is 4.69. The summed E-state index contributed by atoms with van der Waals surface area (Å²) in [7, 11) is 0. The molecule has 8 nitrogen and oxygen atoms in total. The maximum absolute atomic E-state index is 11.1. The van der Waals surface area contributed by atoms with Crippen LogP contribution in [0.15, 0.2) is 48.9 Å². The van der Waals surface area contributed by atoms with Gasteiger partial charge in [-0.2, -0.15) is 10.4 Å². The van der Waals surface area contributed by atoms with E-state index in [0.717, 1.165) is 35.5 Å². The van der Waals surface area contributed by atoms with Crippen LogP contribution < -0.4 is 10.6 Å². The van der Waals surface area contributed by atoms with Crippen LogP contribution in [0.1, 0.15) is 45.1 Å². The van der Waals surface area contributed by atoms with E-state index < -0.39 is 0 Å². The summed E-state index contributed by atoms with van der Waals surface area (Å²) in [5, 5.41) is 19.8. The van der Waals surface area contributed by atoms with E-state index >= 15 is 0 Å². The highest BCUT2D eigenvalue weighted by Crippen LogP contribution is 2.36. The van der Waals surface area contributed by atoms with Gasteiger partial charge in [0.05, 0.1) is 30.4 Å². The van der Waals surface area contributed by atoms with Crippen molar-refractivity contribution in [2.75, 3.05) is 10.6 Å². The van der Waals surface area contributed by atoms with Crippen molar-refractivity contribution in [3.05, 3.63) is 48.9 Å². The van der Waals surface area contributed by atoms with Gasteiger partial charge >= 0.3 is 0 Å². The summed E-state index contributed by atoms with van der Waals surface area (Å²) in [6.07, 6.45) is 10.7. The molecule has 1 saturated carbocycles. The van der Waals surface area contributed by atoms with Gasteiger partial charge in [0.2, 0.25) is 11.9 Å². The number of hydrogen-bond donors (Lipinski definition) is 2. The Hall–Kier alpha value is -3.73. The Kier molecular flexibility index (Phi) is 6.22. The molecular weight excluding hydrogens is 390 g/mol. The van der Waals surface area contributed by atoms with Gasteiger partial charge in [-0.3, -0.25) is 9.48 Å². The van der Waals surface area contributed by atoms with Gasteiger partial charge in [-0.15, -0.1) is 0 Å². The Labute approximate surface area is 181 Å². The number of nitrogens with zero attached hydrogens (tertiary/aromatic N) is 5. The molecule has 4 rings (SSSR count). The van der Waals surface area contributed by atoms with E-state index in [1.807, 2.05) is 41.2 Å². The molecule has 8 heteroatoms. The van der Waals surface area contributed by atoms with Crippen LogP contribution in [-0.2, 0) is 4.79 Å². The second kappa shape index (κ2) is 9.39. The second-order valence-corrected chi connectivity index (χ2v) is 7.83. The predicted molar refractivity (Wildman–Crippen MR) is 119 cm³/mol. The third kappa shape index (κ3) is 5.07. The highest BCUT2D eigenvalue weighted by atomic mass is 16.1. The molecule has 1 aromatic carbocycles. The smallest absolute Gasteiger partial charge is 0.227 e. The summed E-state index contributed by atoms with van der Waals surface area (Å²) < 4.78 is 1.94. The normalized spacial score (nSPS) is 14.7. The Morgan fingerprint density at radius 1 is 1.23 bits per heavy atom. The average molecular weight is 416 g/mol. The first-order chi connectivity index (χ1) is 15.1. The van der Waals surface area contributed by atoms with E-state index in [-0.39, 0.29) is 11.9 Å². The van der Waals surface area contributed by atoms with E-state index in [2.05, 4.69) is 31.8 Å². The van der Waals surface area contributed by atoms with Crippen LogP contribution in [0.3, 0.4) is 0 Å². The van der Waals surface area contributed by atoms with Gasteiger partial charge in [0.15, 0.2) is 0 Å². The summed E-state index contributed by atoms with van der Waals surface area (Å²) in [6.45, 7) is 1.48. The van der Waals surface area contributed by atoms with Crippen molar-refractivity contribution < 1.29 is 4.79 Å². The van der Waals surface area contributed by atoms with Crippen LogP contribution in [0.25, 0.3) is 11.3 Å². The molecule has 1 fully saturated rings. The molecule has 0 radical (unpaired) electrons. The molecule has 1 unspecified atom stereocenters. The molecule has 158 valence electrons. The lowest BCUT2D eigenvalue weighted by Crippen LogP contribution is -2.17. The maximum Gasteiger partial charge on any atom is 0.227 e. The highest BCUT2D eigenvalue weighted by Gasteiger charge is 2.27. The Bertz CT molecular complexity index is 1080. The molecule has 0 aliphatic heterocycles. The lowest BCUT2D eigenvalue weighted by atomic mass is 9.96. The van der Waals surface area contributed by atoms with Crippen LogP contribution in [0, 0.1) is 17.2 Å². The number of hydrogen-bond acceptors (Lipinski definition) is 6. The molecule has 2 N–H and O–H groups in total. The molecular formula is C23H25N7O. The van der Waals surface area contributed by atoms with Gasteiger partial charge in [0, 0.05) is 36.3 Å². The number of carbonyl (C=O) groups is 1. The number of rotatable bonds is 7. The SMILES string of the molecule is CC(=O)Nc1ccc(Nc2nccc(-c3cnn(C(CC#N)C4CCCC4)c3)n2)cc1. The molecule has 1 atom stereocenters. The quantitative estimate of drug-likeness (QED) is 0.580. The zero-order valence-corrected chi connectivity index (χ0v) is 17.5. The van der Waals surface area contributed by atoms with Crippen molar-refractivity contribution in [3.8, 4) is 17.3 Å². The van der Waals surface area contributed by atoms with E-state index in [1.165, 1.54) is 19.8 Å². The molecule has 2 aromatic heterocycles. The number of amides is 1. The molecule has 3 aromatic rings. The van der Waals surface area contributed by atoms with Gasteiger partial charge in [-0.1, -0.05) is 12.8 Å². The largest absolute Gasteiger partial charge is 0.326 e. The number of anilines is 3. The maximum atomic E-state index is 11.1. The topological polar surface area (TPSA) is 109 Å². The first-order valence-corrected chi connectivity index (χ1v) is 10.5. The van der Waals surface area contributed by atoms with Crippen LogP contribution in [-0.4, -0.2) is 25.7 Å². The molecule has 1 aliphatic carbocycles. The van der Waals surface area contributed by atoms with Crippen molar-refractivity contribution in [1.29, 1.82) is 5.26 Å². The molecule has 31 heavy (non-hydrogen) atoms. The summed E-state index contributed by atoms with van der Waals surface area (Å²) >= 11 is 0. The van der Waals surface area contributed by atoms with Crippen LogP contribution in [0.2, 0.25) is 0 Å². The number of nitriles is 1. The molecule has 1 amide bonds. The van der Waals surface area contributed by atoms with Crippen LogP contribution in [0.4, 0.5) is 17.3 Å². The third-order valence-electron chi connectivity index (χ3n) is 5.60. The monoisotopic (exact) mass is 415 g/mol. The van der Waals surface area contributed by atoms with Gasteiger partial charge in [0.1, 0.15) is 0 Å². The van der Waals surface area contributed by atoms with Gasteiger partial charge in [0.25, 0.3) is 0 Å². The standard InChI is InChI=1S/C23H25N7O/c1-16(31)27-19-6-8-20(9-7-19)28-23-25-13-11-21(29-23)18-14-26-30(15-18)22(10-12-24)17-4-2-3-5-17/h6-9,11,13-15,17,22H,2-5,10H2,1H3,(H,27,31)(H,25,28,29). The minimum Gasteiger partial charge on any atom is -0.326 e. The second-order valence-electron chi connectivity index (χ2n) is 7.83. The molecule has 1 aliphatic rings. The van der Waals surface area contributed by atoms with E-state index in [9.17, 15) is 10.1 Å². The van der Waals surface area contributed by atoms with Crippen molar-refractivity contribution in [2.45, 2.75) is 45.1 Å². The molecule has 0 spiro atoms. The van der Waals surface area contributed by atoms with Gasteiger partial charge in [-0.25, -0.2) is 9.97 Å². The summed E-state index contributed by atoms with van der Waals surface area (Å²) in [5.41, 5.74) is 3.21. The Morgan fingerprint density at radius 2 is 1.97 bits per heavy atom. The third-order valence-corrected chi connectivity index (χ3v) is 5.60. The van der Waals surface area contributed by atoms with E-state index in [0.29, 0.717) is 18.3 Å². The fourth-order valence-electron chi connectivity index (χ4n) is 4.11. The van der Waals surface area contributed by atoms with E-state index in [4.69, 9.17) is 0 Å². The van der Waals surface area contributed by atoms with Crippen LogP contribution >= 0.6 is 0 Å². The zero-order chi connectivity index (χ0) is 21.6.